The van der Waals surface area contributed by atoms with Crippen molar-refractivity contribution in [2.24, 2.45) is 5.73 Å². The van der Waals surface area contributed by atoms with E-state index in [1.807, 2.05) is 18.2 Å². The molecule has 0 saturated heterocycles. The monoisotopic (exact) mass is 291 g/mol. The summed E-state index contributed by atoms with van der Waals surface area (Å²) in [6.45, 7) is 0. The number of aryl methyl sites for hydroxylation is 1. The van der Waals surface area contributed by atoms with Gasteiger partial charge in [0.1, 0.15) is 0 Å². The maximum Gasteiger partial charge on any atom is 0.416 e. The molecule has 0 aliphatic heterocycles. The van der Waals surface area contributed by atoms with Crippen LogP contribution in [0.3, 0.4) is 0 Å². The highest BCUT2D eigenvalue weighted by Crippen LogP contribution is 2.37. The van der Waals surface area contributed by atoms with Gasteiger partial charge in [-0.3, -0.25) is 0 Å². The molecule has 2 aromatic rings. The molecular formula is C17H16F3N. The Balaban J connectivity index is 1.97. The minimum atomic E-state index is -4.33. The van der Waals surface area contributed by atoms with E-state index in [4.69, 9.17) is 5.73 Å². The average molecular weight is 291 g/mol. The highest BCUT2D eigenvalue weighted by Gasteiger charge is 2.35. The maximum atomic E-state index is 12.9. The Hall–Kier alpha value is -1.81. The molecule has 21 heavy (non-hydrogen) atoms. The normalized spacial score (nSPS) is 21.9. The van der Waals surface area contributed by atoms with Crippen molar-refractivity contribution in [1.82, 2.24) is 0 Å². The Labute approximate surface area is 121 Å². The molecule has 0 bridgehead atoms. The van der Waals surface area contributed by atoms with Crippen LogP contribution in [0.5, 0.6) is 0 Å². The molecule has 1 aliphatic rings. The zero-order chi connectivity index (χ0) is 15.1. The summed E-state index contributed by atoms with van der Waals surface area (Å²) < 4.78 is 38.6. The highest BCUT2D eigenvalue weighted by molar-refractivity contribution is 5.38. The highest BCUT2D eigenvalue weighted by atomic mass is 19.4. The van der Waals surface area contributed by atoms with E-state index in [0.29, 0.717) is 18.4 Å². The van der Waals surface area contributed by atoms with Gasteiger partial charge in [-0.1, -0.05) is 36.4 Å². The van der Waals surface area contributed by atoms with Crippen molar-refractivity contribution in [2.75, 3.05) is 0 Å². The lowest BCUT2D eigenvalue weighted by Gasteiger charge is -2.35. The van der Waals surface area contributed by atoms with Crippen molar-refractivity contribution >= 4 is 0 Å². The third-order valence-electron chi connectivity index (χ3n) is 4.23. The average Bonchev–Trinajstić information content (AvgIpc) is 2.46. The Kier molecular flexibility index (Phi) is 3.29. The van der Waals surface area contributed by atoms with Crippen LogP contribution in [0.15, 0.2) is 48.5 Å². The van der Waals surface area contributed by atoms with Gasteiger partial charge in [0.05, 0.1) is 5.56 Å². The Morgan fingerprint density at radius 1 is 0.952 bits per heavy atom. The molecule has 1 unspecified atom stereocenters. The fourth-order valence-corrected chi connectivity index (χ4v) is 3.01. The first kappa shape index (κ1) is 14.1. The second-order valence-corrected chi connectivity index (χ2v) is 5.68. The standard InChI is InChI=1S/C17H16F3N/c18-17(19,20)15-7-3-6-14(10-15)16(21)9-8-12-4-1-2-5-13(12)11-16/h1-7,10H,8-9,11,21H2. The van der Waals surface area contributed by atoms with Crippen LogP contribution in [0.1, 0.15) is 28.7 Å². The van der Waals surface area contributed by atoms with E-state index >= 15 is 0 Å². The van der Waals surface area contributed by atoms with E-state index in [-0.39, 0.29) is 0 Å². The van der Waals surface area contributed by atoms with Gasteiger partial charge in [0.25, 0.3) is 0 Å². The molecule has 0 amide bonds. The van der Waals surface area contributed by atoms with Crippen LogP contribution in [-0.4, -0.2) is 0 Å². The van der Waals surface area contributed by atoms with Crippen LogP contribution in [0, 0.1) is 0 Å². The summed E-state index contributed by atoms with van der Waals surface area (Å²) in [7, 11) is 0. The second kappa shape index (κ2) is 4.88. The van der Waals surface area contributed by atoms with Gasteiger partial charge >= 0.3 is 6.18 Å². The molecule has 1 nitrogen and oxygen atoms in total. The van der Waals surface area contributed by atoms with Gasteiger partial charge in [-0.25, -0.2) is 0 Å². The lowest BCUT2D eigenvalue weighted by atomic mass is 9.74. The summed E-state index contributed by atoms with van der Waals surface area (Å²) in [6.07, 6.45) is -2.31. The van der Waals surface area contributed by atoms with Gasteiger partial charge in [-0.2, -0.15) is 13.2 Å². The zero-order valence-electron chi connectivity index (χ0n) is 11.5. The first-order valence-corrected chi connectivity index (χ1v) is 6.92. The first-order valence-electron chi connectivity index (χ1n) is 6.92. The molecule has 0 spiro atoms. The predicted octanol–water partition coefficient (Wildman–Crippen LogP) is 4.05. The molecule has 110 valence electrons. The number of nitrogens with two attached hydrogens (primary N) is 1. The number of hydrogen-bond donors (Lipinski definition) is 1. The van der Waals surface area contributed by atoms with E-state index < -0.39 is 17.3 Å². The van der Waals surface area contributed by atoms with Crippen molar-refractivity contribution in [1.29, 1.82) is 0 Å². The molecule has 0 radical (unpaired) electrons. The predicted molar refractivity (Wildman–Crippen MR) is 75.8 cm³/mol. The summed E-state index contributed by atoms with van der Waals surface area (Å²) in [5, 5.41) is 0. The minimum absolute atomic E-state index is 0.562. The molecule has 0 heterocycles. The number of rotatable bonds is 1. The van der Waals surface area contributed by atoms with Crippen LogP contribution in [0.4, 0.5) is 13.2 Å². The molecule has 3 rings (SSSR count). The second-order valence-electron chi connectivity index (χ2n) is 5.68. The van der Waals surface area contributed by atoms with E-state index in [0.717, 1.165) is 18.1 Å². The lowest BCUT2D eigenvalue weighted by molar-refractivity contribution is -0.137. The molecule has 0 fully saturated rings. The van der Waals surface area contributed by atoms with Crippen LogP contribution in [0.25, 0.3) is 0 Å². The van der Waals surface area contributed by atoms with Gasteiger partial charge < -0.3 is 5.73 Å². The lowest BCUT2D eigenvalue weighted by Crippen LogP contribution is -2.42. The maximum absolute atomic E-state index is 12.9. The van der Waals surface area contributed by atoms with Gasteiger partial charge in [-0.15, -0.1) is 0 Å². The molecule has 1 aliphatic carbocycles. The molecule has 2 N–H and O–H groups in total. The number of fused-ring (bicyclic) bond motifs is 1. The van der Waals surface area contributed by atoms with E-state index in [1.54, 1.807) is 6.07 Å². The molecular weight excluding hydrogens is 275 g/mol. The van der Waals surface area contributed by atoms with Gasteiger partial charge in [-0.05, 0) is 48.1 Å². The fourth-order valence-electron chi connectivity index (χ4n) is 3.01. The van der Waals surface area contributed by atoms with Gasteiger partial charge in [0.15, 0.2) is 0 Å². The fraction of sp³-hybridized carbons (Fsp3) is 0.294. The SMILES string of the molecule is NC1(c2cccc(C(F)(F)F)c2)CCc2ccccc2C1. The van der Waals surface area contributed by atoms with E-state index in [1.165, 1.54) is 17.7 Å². The van der Waals surface area contributed by atoms with Crippen LogP contribution < -0.4 is 5.73 Å². The number of halogens is 3. The largest absolute Gasteiger partial charge is 0.416 e. The van der Waals surface area contributed by atoms with E-state index in [2.05, 4.69) is 6.07 Å². The van der Waals surface area contributed by atoms with E-state index in [9.17, 15) is 13.2 Å². The van der Waals surface area contributed by atoms with Gasteiger partial charge in [0.2, 0.25) is 0 Å². The molecule has 4 heteroatoms. The molecule has 0 saturated carbocycles. The summed E-state index contributed by atoms with van der Waals surface area (Å²) in [4.78, 5) is 0. The summed E-state index contributed by atoms with van der Waals surface area (Å²) in [5.41, 5.74) is 8.01. The number of hydrogen-bond acceptors (Lipinski definition) is 1. The Morgan fingerprint density at radius 3 is 2.38 bits per heavy atom. The number of alkyl halides is 3. The quantitative estimate of drug-likeness (QED) is 0.843. The smallest absolute Gasteiger partial charge is 0.321 e. The van der Waals surface area contributed by atoms with Crippen LogP contribution in [-0.2, 0) is 24.6 Å². The van der Waals surface area contributed by atoms with Crippen LogP contribution >= 0.6 is 0 Å². The first-order chi connectivity index (χ1) is 9.88. The molecule has 0 aromatic heterocycles. The summed E-state index contributed by atoms with van der Waals surface area (Å²) in [5.74, 6) is 0. The van der Waals surface area contributed by atoms with Crippen LogP contribution in [0.2, 0.25) is 0 Å². The summed E-state index contributed by atoms with van der Waals surface area (Å²) >= 11 is 0. The Morgan fingerprint density at radius 2 is 1.67 bits per heavy atom. The molecule has 2 aromatic carbocycles. The minimum Gasteiger partial charge on any atom is -0.321 e. The van der Waals surface area contributed by atoms with Crippen molar-refractivity contribution in [3.8, 4) is 0 Å². The van der Waals surface area contributed by atoms with Crippen molar-refractivity contribution in [3.05, 3.63) is 70.8 Å². The van der Waals surface area contributed by atoms with Gasteiger partial charge in [0, 0.05) is 5.54 Å². The number of benzene rings is 2. The topological polar surface area (TPSA) is 26.0 Å². The third-order valence-corrected chi connectivity index (χ3v) is 4.23. The van der Waals surface area contributed by atoms with Crippen molar-refractivity contribution in [2.45, 2.75) is 31.0 Å². The van der Waals surface area contributed by atoms with Crippen molar-refractivity contribution < 1.29 is 13.2 Å². The van der Waals surface area contributed by atoms with Crippen molar-refractivity contribution in [3.63, 3.8) is 0 Å². The zero-order valence-corrected chi connectivity index (χ0v) is 11.5. The summed E-state index contributed by atoms with van der Waals surface area (Å²) in [6, 6.07) is 13.4. The third kappa shape index (κ3) is 2.68. The molecule has 1 atom stereocenters. The Bertz CT molecular complexity index is 663.